The normalized spacial score (nSPS) is 13.7. The molecule has 0 amide bonds. The summed E-state index contributed by atoms with van der Waals surface area (Å²) in [6.45, 7) is 8.52. The molecule has 1 aromatic rings. The van der Waals surface area contributed by atoms with E-state index in [4.69, 9.17) is 5.73 Å². The second-order valence-corrected chi connectivity index (χ2v) is 4.73. The maximum absolute atomic E-state index is 5.87. The minimum atomic E-state index is 0.0605. The molecule has 2 N–H and O–H groups in total. The Morgan fingerprint density at radius 3 is 2.69 bits per heavy atom. The molecule has 4 nitrogen and oxygen atoms in total. The molecule has 4 heteroatoms. The van der Waals surface area contributed by atoms with Crippen LogP contribution in [-0.4, -0.2) is 34.1 Å². The van der Waals surface area contributed by atoms with Gasteiger partial charge in [0.1, 0.15) is 0 Å². The largest absolute Gasteiger partial charge is 0.333 e. The molecule has 0 radical (unpaired) electrons. The summed E-state index contributed by atoms with van der Waals surface area (Å²) in [4.78, 5) is 6.50. The van der Waals surface area contributed by atoms with Crippen molar-refractivity contribution in [2.75, 3.05) is 13.6 Å². The van der Waals surface area contributed by atoms with Crippen LogP contribution in [0.25, 0.3) is 0 Å². The van der Waals surface area contributed by atoms with E-state index in [1.807, 2.05) is 19.4 Å². The lowest BCUT2D eigenvalue weighted by Crippen LogP contribution is -2.28. The minimum Gasteiger partial charge on any atom is -0.333 e. The first kappa shape index (κ1) is 13.2. The number of hydrogen-bond donors (Lipinski definition) is 1. The fraction of sp³-hybridized carbons (Fsp3) is 0.750. The lowest BCUT2D eigenvalue weighted by atomic mass is 10.2. The average Bonchev–Trinajstić information content (AvgIpc) is 2.65. The Morgan fingerprint density at radius 1 is 1.44 bits per heavy atom. The quantitative estimate of drug-likeness (QED) is 0.799. The molecule has 0 aliphatic carbocycles. The summed E-state index contributed by atoms with van der Waals surface area (Å²) in [5.41, 5.74) is 6.99. The first-order valence-electron chi connectivity index (χ1n) is 5.98. The second kappa shape index (κ2) is 6.01. The Hall–Kier alpha value is -0.870. The third kappa shape index (κ3) is 3.61. The van der Waals surface area contributed by atoms with Crippen LogP contribution in [0, 0.1) is 0 Å². The molecule has 0 bridgehead atoms. The van der Waals surface area contributed by atoms with Gasteiger partial charge in [0.15, 0.2) is 0 Å². The highest BCUT2D eigenvalue weighted by Gasteiger charge is 2.07. The molecule has 0 unspecified atom stereocenters. The van der Waals surface area contributed by atoms with Crippen molar-refractivity contribution in [2.45, 2.75) is 45.8 Å². The van der Waals surface area contributed by atoms with Crippen LogP contribution in [0.4, 0.5) is 0 Å². The van der Waals surface area contributed by atoms with Gasteiger partial charge >= 0.3 is 0 Å². The van der Waals surface area contributed by atoms with Gasteiger partial charge in [0.2, 0.25) is 0 Å². The van der Waals surface area contributed by atoms with Crippen molar-refractivity contribution in [3.63, 3.8) is 0 Å². The maximum Gasteiger partial charge on any atom is 0.0948 e. The van der Waals surface area contributed by atoms with Crippen molar-refractivity contribution in [1.82, 2.24) is 14.5 Å². The molecule has 92 valence electrons. The highest BCUT2D eigenvalue weighted by atomic mass is 15.1. The standard InChI is InChI=1S/C12H24N4/c1-10(2)15(4)6-5-7-16-9-14-8-12(16)11(3)13/h8-11H,5-7,13H2,1-4H3/t11-/m1/s1. The van der Waals surface area contributed by atoms with Gasteiger partial charge in [-0.3, -0.25) is 0 Å². The van der Waals surface area contributed by atoms with Crippen molar-refractivity contribution >= 4 is 0 Å². The second-order valence-electron chi connectivity index (χ2n) is 4.73. The molecular weight excluding hydrogens is 200 g/mol. The van der Waals surface area contributed by atoms with Gasteiger partial charge in [0.05, 0.1) is 12.0 Å². The first-order chi connectivity index (χ1) is 7.52. The van der Waals surface area contributed by atoms with Gasteiger partial charge in [0.25, 0.3) is 0 Å². The summed E-state index contributed by atoms with van der Waals surface area (Å²) in [5, 5.41) is 0. The first-order valence-corrected chi connectivity index (χ1v) is 5.98. The Kier molecular flexibility index (Phi) is 4.96. The van der Waals surface area contributed by atoms with Gasteiger partial charge < -0.3 is 15.2 Å². The van der Waals surface area contributed by atoms with Crippen LogP contribution in [0.2, 0.25) is 0 Å². The van der Waals surface area contributed by atoms with Crippen molar-refractivity contribution in [2.24, 2.45) is 5.73 Å². The summed E-state index contributed by atoms with van der Waals surface area (Å²) in [7, 11) is 2.16. The van der Waals surface area contributed by atoms with Crippen LogP contribution in [0.3, 0.4) is 0 Å². The highest BCUT2D eigenvalue weighted by molar-refractivity contribution is 5.02. The molecule has 0 aliphatic rings. The van der Waals surface area contributed by atoms with E-state index in [-0.39, 0.29) is 6.04 Å². The van der Waals surface area contributed by atoms with E-state index >= 15 is 0 Å². The summed E-state index contributed by atoms with van der Waals surface area (Å²) >= 11 is 0. The molecule has 0 aromatic carbocycles. The summed E-state index contributed by atoms with van der Waals surface area (Å²) in [6, 6.07) is 0.668. The lowest BCUT2D eigenvalue weighted by Gasteiger charge is -2.21. The summed E-state index contributed by atoms with van der Waals surface area (Å²) in [5.74, 6) is 0. The number of aromatic nitrogens is 2. The zero-order chi connectivity index (χ0) is 12.1. The van der Waals surface area contributed by atoms with E-state index in [0.717, 1.165) is 25.2 Å². The molecule has 0 saturated carbocycles. The van der Waals surface area contributed by atoms with Crippen LogP contribution in [0.5, 0.6) is 0 Å². The van der Waals surface area contributed by atoms with Crippen molar-refractivity contribution < 1.29 is 0 Å². The van der Waals surface area contributed by atoms with Gasteiger partial charge in [0, 0.05) is 24.8 Å². The molecule has 1 rings (SSSR count). The SMILES string of the molecule is CC(C)N(C)CCCn1cncc1[C@@H](C)N. The topological polar surface area (TPSA) is 47.1 Å². The fourth-order valence-corrected chi connectivity index (χ4v) is 1.65. The zero-order valence-corrected chi connectivity index (χ0v) is 10.8. The van der Waals surface area contributed by atoms with Gasteiger partial charge in [-0.05, 0) is 40.8 Å². The van der Waals surface area contributed by atoms with Crippen molar-refractivity contribution in [1.29, 1.82) is 0 Å². The Labute approximate surface area is 98.5 Å². The van der Waals surface area contributed by atoms with E-state index < -0.39 is 0 Å². The van der Waals surface area contributed by atoms with Crippen LogP contribution in [-0.2, 0) is 6.54 Å². The molecule has 1 atom stereocenters. The van der Waals surface area contributed by atoms with Crippen LogP contribution < -0.4 is 5.73 Å². The fourth-order valence-electron chi connectivity index (χ4n) is 1.65. The third-order valence-corrected chi connectivity index (χ3v) is 3.00. The molecular formula is C12H24N4. The average molecular weight is 224 g/mol. The Balaban J connectivity index is 2.40. The lowest BCUT2D eigenvalue weighted by molar-refractivity contribution is 0.265. The molecule has 16 heavy (non-hydrogen) atoms. The number of imidazole rings is 1. The Morgan fingerprint density at radius 2 is 2.12 bits per heavy atom. The van der Waals surface area contributed by atoms with Gasteiger partial charge in [-0.1, -0.05) is 0 Å². The van der Waals surface area contributed by atoms with E-state index in [1.165, 1.54) is 0 Å². The van der Waals surface area contributed by atoms with Gasteiger partial charge in [-0.25, -0.2) is 4.98 Å². The predicted octanol–water partition coefficient (Wildman–Crippen LogP) is 1.63. The monoisotopic (exact) mass is 224 g/mol. The molecule has 0 spiro atoms. The maximum atomic E-state index is 5.87. The number of nitrogens with two attached hydrogens (primary N) is 1. The number of aryl methyl sites for hydroxylation is 1. The third-order valence-electron chi connectivity index (χ3n) is 3.00. The van der Waals surface area contributed by atoms with Crippen LogP contribution in [0.15, 0.2) is 12.5 Å². The molecule has 0 saturated heterocycles. The zero-order valence-electron chi connectivity index (χ0n) is 10.8. The minimum absolute atomic E-state index is 0.0605. The van der Waals surface area contributed by atoms with Gasteiger partial charge in [-0.15, -0.1) is 0 Å². The molecule has 0 fully saturated rings. The number of hydrogen-bond acceptors (Lipinski definition) is 3. The van der Waals surface area contributed by atoms with Gasteiger partial charge in [-0.2, -0.15) is 0 Å². The van der Waals surface area contributed by atoms with E-state index in [2.05, 4.69) is 35.3 Å². The van der Waals surface area contributed by atoms with Crippen LogP contribution >= 0.6 is 0 Å². The summed E-state index contributed by atoms with van der Waals surface area (Å²) in [6.07, 6.45) is 4.86. The number of rotatable bonds is 6. The summed E-state index contributed by atoms with van der Waals surface area (Å²) < 4.78 is 2.15. The van der Waals surface area contributed by atoms with E-state index in [9.17, 15) is 0 Å². The smallest absolute Gasteiger partial charge is 0.0948 e. The van der Waals surface area contributed by atoms with Crippen molar-refractivity contribution in [3.8, 4) is 0 Å². The molecule has 1 heterocycles. The predicted molar refractivity (Wildman–Crippen MR) is 67.2 cm³/mol. The van der Waals surface area contributed by atoms with Crippen molar-refractivity contribution in [3.05, 3.63) is 18.2 Å². The molecule has 1 aromatic heterocycles. The Bertz CT molecular complexity index is 304. The van der Waals surface area contributed by atoms with Crippen LogP contribution in [0.1, 0.15) is 38.9 Å². The van der Waals surface area contributed by atoms with E-state index in [0.29, 0.717) is 6.04 Å². The molecule has 0 aliphatic heterocycles. The number of nitrogens with zero attached hydrogens (tertiary/aromatic N) is 3. The highest BCUT2D eigenvalue weighted by Crippen LogP contribution is 2.09. The van der Waals surface area contributed by atoms with E-state index in [1.54, 1.807) is 0 Å².